The zero-order valence-corrected chi connectivity index (χ0v) is 41.3. The van der Waals surface area contributed by atoms with Crippen LogP contribution in [-0.4, -0.2) is 16.1 Å². The van der Waals surface area contributed by atoms with Crippen LogP contribution >= 0.6 is 0 Å². The Bertz CT molecular complexity index is 3160. The topological polar surface area (TPSA) is 6.48 Å². The minimum Gasteiger partial charge on any atom is -0.310 e. The third-order valence-corrected chi connectivity index (χ3v) is 24.4. The summed E-state index contributed by atoms with van der Waals surface area (Å²) in [6, 6.07) is 85.4. The molecule has 0 spiro atoms. The van der Waals surface area contributed by atoms with Crippen LogP contribution in [0.2, 0.25) is 39.3 Å². The van der Waals surface area contributed by atoms with Gasteiger partial charge in [0.2, 0.25) is 0 Å². The summed E-state index contributed by atoms with van der Waals surface area (Å²) in [5.74, 6) is 0. The molecule has 0 N–H and O–H groups in total. The quantitative estimate of drug-likeness (QED) is 0.126. The van der Waals surface area contributed by atoms with Crippen LogP contribution in [0.4, 0.5) is 34.1 Å². The van der Waals surface area contributed by atoms with E-state index in [1.165, 1.54) is 66.1 Å². The lowest BCUT2D eigenvalue weighted by Gasteiger charge is -2.51. The zero-order chi connectivity index (χ0) is 45.9. The maximum absolute atomic E-state index is 2.62. The number of anilines is 6. The van der Waals surface area contributed by atoms with Gasteiger partial charge in [-0.2, -0.15) is 0 Å². The molecule has 0 heterocycles. The van der Waals surface area contributed by atoms with Gasteiger partial charge in [0.15, 0.2) is 0 Å². The van der Waals surface area contributed by atoms with Crippen LogP contribution in [0.1, 0.15) is 11.1 Å². The number of fused-ring (bicyclic) bond motifs is 5. The summed E-state index contributed by atoms with van der Waals surface area (Å²) in [7, 11) is -3.99. The highest BCUT2D eigenvalue weighted by atomic mass is 28.4. The molecule has 0 unspecified atom stereocenters. The van der Waals surface area contributed by atoms with E-state index in [9.17, 15) is 0 Å². The Balaban J connectivity index is 1.05. The van der Waals surface area contributed by atoms with Gasteiger partial charge in [-0.15, -0.1) is 0 Å². The Morgan fingerprint density at radius 3 is 0.910 bits per heavy atom. The van der Waals surface area contributed by atoms with Crippen molar-refractivity contribution in [3.05, 3.63) is 242 Å². The second kappa shape index (κ2) is 16.6. The van der Waals surface area contributed by atoms with Crippen LogP contribution in [0.3, 0.4) is 0 Å². The van der Waals surface area contributed by atoms with Crippen LogP contribution in [0.15, 0.2) is 231 Å². The van der Waals surface area contributed by atoms with E-state index >= 15 is 0 Å². The minimum atomic E-state index is -1.99. The van der Waals surface area contributed by atoms with Gasteiger partial charge >= 0.3 is 0 Å². The predicted molar refractivity (Wildman–Crippen MR) is 295 cm³/mol. The third-order valence-electron chi connectivity index (χ3n) is 14.3. The number of hydrogen-bond donors (Lipinski definition) is 0. The molecular weight excluding hydrogens is 841 g/mol. The normalized spacial score (nSPS) is 13.0. The number of para-hydroxylation sites is 2. The van der Waals surface area contributed by atoms with Crippen LogP contribution in [0.25, 0.3) is 54.9 Å². The van der Waals surface area contributed by atoms with Crippen molar-refractivity contribution in [2.45, 2.75) is 43.9 Å². The smallest absolute Gasteiger partial charge is 0.0579 e. The van der Waals surface area contributed by atoms with Gasteiger partial charge in [0.25, 0.3) is 0 Å². The molecule has 0 amide bonds. The number of rotatable bonds is 10. The highest BCUT2D eigenvalue weighted by Crippen LogP contribution is 2.59. The van der Waals surface area contributed by atoms with E-state index in [0.29, 0.717) is 0 Å². The first-order chi connectivity index (χ1) is 32.5. The lowest BCUT2D eigenvalue weighted by atomic mass is 9.98. The van der Waals surface area contributed by atoms with Gasteiger partial charge in [-0.3, -0.25) is 0 Å². The van der Waals surface area contributed by atoms with Crippen molar-refractivity contribution in [3.8, 4) is 33.4 Å². The molecule has 0 saturated heterocycles. The van der Waals surface area contributed by atoms with Crippen molar-refractivity contribution in [2.75, 3.05) is 9.80 Å². The molecule has 4 heteroatoms. The number of hydrogen-bond acceptors (Lipinski definition) is 2. The molecule has 1 aliphatic rings. The van der Waals surface area contributed by atoms with E-state index in [0.717, 1.165) is 34.1 Å². The Morgan fingerprint density at radius 1 is 0.269 bits per heavy atom. The van der Waals surface area contributed by atoms with Crippen molar-refractivity contribution in [1.29, 1.82) is 0 Å². The molecule has 326 valence electrons. The van der Waals surface area contributed by atoms with Gasteiger partial charge in [-0.05, 0) is 151 Å². The maximum atomic E-state index is 2.62. The van der Waals surface area contributed by atoms with Gasteiger partial charge < -0.3 is 9.80 Å². The molecule has 11 rings (SSSR count). The molecule has 0 bridgehead atoms. The van der Waals surface area contributed by atoms with Gasteiger partial charge in [0, 0.05) is 38.8 Å². The second-order valence-corrected chi connectivity index (χ2v) is 31.3. The molecule has 0 atom stereocenters. The lowest BCUT2D eigenvalue weighted by Crippen LogP contribution is -2.63. The van der Waals surface area contributed by atoms with Crippen molar-refractivity contribution < 1.29 is 0 Å². The highest BCUT2D eigenvalue weighted by Gasteiger charge is 2.59. The van der Waals surface area contributed by atoms with Gasteiger partial charge in [-0.1, -0.05) is 185 Å². The van der Waals surface area contributed by atoms with E-state index in [2.05, 4.69) is 280 Å². The Morgan fingerprint density at radius 2 is 0.567 bits per heavy atom. The summed E-state index contributed by atoms with van der Waals surface area (Å²) in [6.07, 6.45) is 0. The van der Waals surface area contributed by atoms with Gasteiger partial charge in [0.1, 0.15) is 0 Å². The molecular formula is C63H56N2Si2. The van der Waals surface area contributed by atoms with Gasteiger partial charge in [0.05, 0.1) is 16.1 Å². The number of benzene rings is 10. The van der Waals surface area contributed by atoms with E-state index in [1.807, 2.05) is 0 Å². The molecule has 1 aliphatic carbocycles. The molecule has 0 aromatic heterocycles. The summed E-state index contributed by atoms with van der Waals surface area (Å²) in [5.41, 5.74) is 17.6. The molecule has 2 nitrogen and oxygen atoms in total. The van der Waals surface area contributed by atoms with E-state index in [1.54, 1.807) is 0 Å². The third kappa shape index (κ3) is 7.32. The lowest BCUT2D eigenvalue weighted by molar-refractivity contribution is 0.956. The molecule has 67 heavy (non-hydrogen) atoms. The summed E-state index contributed by atoms with van der Waals surface area (Å²) in [6.45, 7) is 15.7. The Hall–Kier alpha value is -7.25. The fourth-order valence-corrected chi connectivity index (χ4v) is 24.8. The number of nitrogens with zero attached hydrogens (tertiary/aromatic N) is 2. The summed E-state index contributed by atoms with van der Waals surface area (Å²) >= 11 is 0. The first-order valence-electron chi connectivity index (χ1n) is 23.7. The molecule has 10 aromatic carbocycles. The first-order valence-corrected chi connectivity index (χ1v) is 30.7. The SMILES string of the molecule is C[Si](C)(C)C1([Si](C)(C)C)c2cc3cc(N(c4ccccc4)c4ccc(-c5ccccc5)cc4)ccc3cc2-c2cc3ccc(N(c4ccccc4)c4ccc(-c5ccccc5)cc4)cc3cc21. The predicted octanol–water partition coefficient (Wildman–Crippen LogP) is 18.3. The van der Waals surface area contributed by atoms with E-state index < -0.39 is 16.1 Å². The van der Waals surface area contributed by atoms with E-state index in [-0.39, 0.29) is 4.66 Å². The zero-order valence-electron chi connectivity index (χ0n) is 39.3. The van der Waals surface area contributed by atoms with Crippen LogP contribution in [-0.2, 0) is 4.66 Å². The monoisotopic (exact) mass is 896 g/mol. The van der Waals surface area contributed by atoms with Crippen molar-refractivity contribution >= 4 is 71.8 Å². The Labute approximate surface area is 398 Å². The maximum Gasteiger partial charge on any atom is 0.0579 e. The molecule has 10 aromatic rings. The minimum absolute atomic E-state index is 0.0299. The van der Waals surface area contributed by atoms with Crippen LogP contribution in [0.5, 0.6) is 0 Å². The van der Waals surface area contributed by atoms with Crippen molar-refractivity contribution in [1.82, 2.24) is 0 Å². The van der Waals surface area contributed by atoms with E-state index in [4.69, 9.17) is 0 Å². The molecule has 0 aliphatic heterocycles. The average molecular weight is 897 g/mol. The fourth-order valence-electron chi connectivity index (χ4n) is 11.7. The van der Waals surface area contributed by atoms with Crippen LogP contribution in [0, 0.1) is 0 Å². The van der Waals surface area contributed by atoms with Crippen molar-refractivity contribution in [3.63, 3.8) is 0 Å². The van der Waals surface area contributed by atoms with Crippen LogP contribution < -0.4 is 9.80 Å². The first kappa shape index (κ1) is 42.4. The fraction of sp³-hybridized carbons (Fsp3) is 0.111. The standard InChI is InChI=1S/C63H56N2Si2/c1-66(2,3)63(67(4,5)6)61-43-51-39-57(64(53-23-15-9-16-24-53)55-33-27-47(28-34-55)45-19-11-7-12-20-45)37-31-49(51)41-59(61)60-42-50-32-38-58(40-52(50)44-62(60)63)65(54-25-17-10-18-26-54)56-35-29-48(30-36-56)46-21-13-8-14-22-46/h7-44H,1-6H3. The summed E-state index contributed by atoms with van der Waals surface area (Å²) in [4.78, 5) is 4.81. The largest absolute Gasteiger partial charge is 0.310 e. The molecule has 0 saturated carbocycles. The summed E-state index contributed by atoms with van der Waals surface area (Å²) < 4.78 is -0.0299. The second-order valence-electron chi connectivity index (χ2n) is 20.3. The van der Waals surface area contributed by atoms with Gasteiger partial charge in [-0.25, -0.2) is 0 Å². The summed E-state index contributed by atoms with van der Waals surface area (Å²) in [5, 5.41) is 5.12. The Kier molecular flexibility index (Phi) is 10.5. The average Bonchev–Trinajstić information content (AvgIpc) is 3.64. The molecule has 0 radical (unpaired) electrons. The molecule has 0 fully saturated rings. The highest BCUT2D eigenvalue weighted by molar-refractivity contribution is 6.99. The van der Waals surface area contributed by atoms with Crippen molar-refractivity contribution in [2.24, 2.45) is 0 Å².